The number of anilines is 2. The number of hydrogen-bond donors (Lipinski definition) is 2. The summed E-state index contributed by atoms with van der Waals surface area (Å²) in [6.07, 6.45) is 1.59. The third kappa shape index (κ3) is 3.83. The third-order valence-electron chi connectivity index (χ3n) is 5.10. The minimum Gasteiger partial charge on any atom is -0.497 e. The summed E-state index contributed by atoms with van der Waals surface area (Å²) in [5.74, 6) is 1.22. The molecule has 0 atom stereocenters. The average molecular weight is 432 g/mol. The van der Waals surface area contributed by atoms with E-state index < -0.39 is 4.92 Å². The Bertz CT molecular complexity index is 1320. The van der Waals surface area contributed by atoms with Gasteiger partial charge in [0.2, 0.25) is 0 Å². The zero-order valence-corrected chi connectivity index (χ0v) is 17.6. The number of benzene rings is 2. The largest absolute Gasteiger partial charge is 0.497 e. The van der Waals surface area contributed by atoms with E-state index in [9.17, 15) is 14.9 Å². The van der Waals surface area contributed by atoms with E-state index in [1.165, 1.54) is 20.3 Å². The number of pyridine rings is 1. The summed E-state index contributed by atoms with van der Waals surface area (Å²) < 4.78 is 10.5. The summed E-state index contributed by atoms with van der Waals surface area (Å²) in [6.45, 7) is 1.78. The smallest absolute Gasteiger partial charge is 0.292 e. The molecule has 0 saturated heterocycles. The lowest BCUT2D eigenvalue weighted by Gasteiger charge is -2.09. The van der Waals surface area contributed by atoms with E-state index in [1.54, 1.807) is 55.6 Å². The summed E-state index contributed by atoms with van der Waals surface area (Å²) >= 11 is 0. The van der Waals surface area contributed by atoms with Gasteiger partial charge < -0.3 is 19.8 Å². The third-order valence-corrected chi connectivity index (χ3v) is 5.10. The predicted molar refractivity (Wildman–Crippen MR) is 120 cm³/mol. The van der Waals surface area contributed by atoms with Crippen LogP contribution in [-0.2, 0) is 0 Å². The Morgan fingerprint density at radius 1 is 1.09 bits per heavy atom. The molecular weight excluding hydrogens is 412 g/mol. The topological polar surface area (TPSA) is 119 Å². The Morgan fingerprint density at radius 2 is 1.81 bits per heavy atom. The van der Waals surface area contributed by atoms with Crippen molar-refractivity contribution in [2.24, 2.45) is 0 Å². The van der Waals surface area contributed by atoms with Crippen molar-refractivity contribution in [1.29, 1.82) is 0 Å². The van der Waals surface area contributed by atoms with Crippen molar-refractivity contribution in [2.75, 3.05) is 19.5 Å². The number of aryl methyl sites for hydroxylation is 1. The predicted octanol–water partition coefficient (Wildman–Crippen LogP) is 4.77. The van der Waals surface area contributed by atoms with Gasteiger partial charge in [0.05, 0.1) is 19.1 Å². The molecule has 0 aliphatic carbocycles. The molecule has 2 heterocycles. The van der Waals surface area contributed by atoms with Crippen LogP contribution in [0.15, 0.2) is 54.7 Å². The van der Waals surface area contributed by atoms with Crippen LogP contribution < -0.4 is 14.8 Å². The van der Waals surface area contributed by atoms with Crippen LogP contribution in [0.4, 0.5) is 17.2 Å². The van der Waals surface area contributed by atoms with E-state index in [2.05, 4.69) is 15.3 Å². The number of ether oxygens (including phenoxy) is 2. The maximum absolute atomic E-state index is 13.1. The summed E-state index contributed by atoms with van der Waals surface area (Å²) in [5.41, 5.74) is 2.38. The van der Waals surface area contributed by atoms with E-state index in [0.29, 0.717) is 45.2 Å². The Labute approximate surface area is 183 Å². The normalized spacial score (nSPS) is 10.7. The maximum Gasteiger partial charge on any atom is 0.292 e. The molecule has 0 bridgehead atoms. The molecule has 4 aromatic rings. The number of nitrogens with one attached hydrogen (secondary N) is 2. The van der Waals surface area contributed by atoms with Gasteiger partial charge in [0.1, 0.15) is 28.7 Å². The highest BCUT2D eigenvalue weighted by atomic mass is 16.6. The first-order valence-electron chi connectivity index (χ1n) is 9.68. The van der Waals surface area contributed by atoms with Crippen molar-refractivity contribution >= 4 is 34.0 Å². The van der Waals surface area contributed by atoms with E-state index in [-0.39, 0.29) is 11.5 Å². The highest BCUT2D eigenvalue weighted by Gasteiger charge is 2.19. The number of nitrogens with zero attached hydrogens (tertiary/aromatic N) is 2. The van der Waals surface area contributed by atoms with Gasteiger partial charge in [-0.3, -0.25) is 14.9 Å². The van der Waals surface area contributed by atoms with Crippen LogP contribution in [0.2, 0.25) is 0 Å². The first-order chi connectivity index (χ1) is 15.4. The van der Waals surface area contributed by atoms with Crippen molar-refractivity contribution in [3.8, 4) is 11.5 Å². The number of carbonyl (C=O) groups is 1. The fourth-order valence-corrected chi connectivity index (χ4v) is 3.45. The quantitative estimate of drug-likeness (QED) is 0.245. The first-order valence-corrected chi connectivity index (χ1v) is 9.68. The van der Waals surface area contributed by atoms with Crippen molar-refractivity contribution < 1.29 is 19.2 Å². The molecule has 2 aromatic heterocycles. The van der Waals surface area contributed by atoms with Gasteiger partial charge >= 0.3 is 0 Å². The molecule has 0 fully saturated rings. The van der Waals surface area contributed by atoms with Gasteiger partial charge in [-0.05, 0) is 36.8 Å². The molecule has 0 aliphatic heterocycles. The van der Waals surface area contributed by atoms with Gasteiger partial charge in [0.25, 0.3) is 5.69 Å². The number of rotatable bonds is 7. The zero-order chi connectivity index (χ0) is 22.8. The molecule has 2 N–H and O–H groups in total. The highest BCUT2D eigenvalue weighted by molar-refractivity contribution is 6.16. The lowest BCUT2D eigenvalue weighted by atomic mass is 10.0. The monoisotopic (exact) mass is 432 g/mol. The number of fused-ring (bicyclic) bond motifs is 1. The molecule has 9 nitrogen and oxygen atoms in total. The molecule has 0 unspecified atom stereocenters. The van der Waals surface area contributed by atoms with Crippen LogP contribution in [0, 0.1) is 17.0 Å². The first kappa shape index (κ1) is 20.9. The average Bonchev–Trinajstić information content (AvgIpc) is 3.22. The molecule has 0 spiro atoms. The fourth-order valence-electron chi connectivity index (χ4n) is 3.45. The van der Waals surface area contributed by atoms with E-state index >= 15 is 0 Å². The molecule has 162 valence electrons. The Hall–Kier alpha value is -4.40. The van der Waals surface area contributed by atoms with Crippen molar-refractivity contribution in [1.82, 2.24) is 9.97 Å². The number of nitro groups is 1. The van der Waals surface area contributed by atoms with Gasteiger partial charge in [0.15, 0.2) is 5.78 Å². The van der Waals surface area contributed by atoms with Crippen LogP contribution >= 0.6 is 0 Å². The molecule has 0 radical (unpaired) electrons. The zero-order valence-electron chi connectivity index (χ0n) is 17.6. The van der Waals surface area contributed by atoms with Crippen LogP contribution in [0.3, 0.4) is 0 Å². The number of methoxy groups -OCH3 is 2. The second kappa shape index (κ2) is 8.38. The Kier molecular flexibility index (Phi) is 5.46. The number of para-hydroxylation sites is 1. The SMILES string of the molecule is COc1cc(OC)cc(C(=O)c2c[nH]c3nc(Nc4c(C)cccc4[N+](=O)[O-])ccc23)c1. The lowest BCUT2D eigenvalue weighted by Crippen LogP contribution is -2.02. The molecule has 0 amide bonds. The minimum atomic E-state index is -0.443. The molecule has 32 heavy (non-hydrogen) atoms. The molecule has 2 aromatic carbocycles. The molecule has 0 saturated carbocycles. The van der Waals surface area contributed by atoms with Crippen molar-refractivity contribution in [3.63, 3.8) is 0 Å². The second-order valence-electron chi connectivity index (χ2n) is 7.08. The van der Waals surface area contributed by atoms with Gasteiger partial charge in [-0.1, -0.05) is 12.1 Å². The summed E-state index contributed by atoms with van der Waals surface area (Å²) in [5, 5.41) is 15.0. The maximum atomic E-state index is 13.1. The summed E-state index contributed by atoms with van der Waals surface area (Å²) in [4.78, 5) is 31.6. The fraction of sp³-hybridized carbons (Fsp3) is 0.130. The Morgan fingerprint density at radius 3 is 2.47 bits per heavy atom. The Balaban J connectivity index is 1.69. The van der Waals surface area contributed by atoms with Gasteiger partial charge in [0, 0.05) is 34.8 Å². The molecule has 9 heteroatoms. The standard InChI is InChI=1S/C23H20N4O5/c1-13-5-4-6-19(27(29)30)21(13)25-20-8-7-17-18(12-24-23(17)26-20)22(28)14-9-15(31-2)11-16(10-14)32-3/h4-12H,1-3H3,(H2,24,25,26). The van der Waals surface area contributed by atoms with E-state index in [1.807, 2.05) is 0 Å². The molecule has 4 rings (SSSR count). The number of H-pyrrole nitrogens is 1. The number of carbonyl (C=O) groups excluding carboxylic acids is 1. The lowest BCUT2D eigenvalue weighted by molar-refractivity contribution is -0.384. The number of hydrogen-bond acceptors (Lipinski definition) is 7. The molecule has 0 aliphatic rings. The van der Waals surface area contributed by atoms with E-state index in [0.717, 1.165) is 5.56 Å². The highest BCUT2D eigenvalue weighted by Crippen LogP contribution is 2.31. The second-order valence-corrected chi connectivity index (χ2v) is 7.08. The van der Waals surface area contributed by atoms with Crippen LogP contribution in [0.5, 0.6) is 11.5 Å². The van der Waals surface area contributed by atoms with Crippen LogP contribution in [-0.4, -0.2) is 34.9 Å². The summed E-state index contributed by atoms with van der Waals surface area (Å²) in [6, 6.07) is 13.2. The number of aromatic nitrogens is 2. The number of aromatic amines is 1. The van der Waals surface area contributed by atoms with Crippen LogP contribution in [0.25, 0.3) is 11.0 Å². The van der Waals surface area contributed by atoms with Crippen molar-refractivity contribution in [2.45, 2.75) is 6.92 Å². The van der Waals surface area contributed by atoms with Gasteiger partial charge in [-0.25, -0.2) is 4.98 Å². The number of nitro benzene ring substituents is 1. The van der Waals surface area contributed by atoms with E-state index in [4.69, 9.17) is 9.47 Å². The minimum absolute atomic E-state index is 0.0405. The summed E-state index contributed by atoms with van der Waals surface area (Å²) in [7, 11) is 3.04. The van der Waals surface area contributed by atoms with Gasteiger partial charge in [-0.2, -0.15) is 0 Å². The van der Waals surface area contributed by atoms with Gasteiger partial charge in [-0.15, -0.1) is 0 Å². The molecular formula is C23H20N4O5. The van der Waals surface area contributed by atoms with Crippen molar-refractivity contribution in [3.05, 3.63) is 81.5 Å². The van der Waals surface area contributed by atoms with Crippen LogP contribution in [0.1, 0.15) is 21.5 Å². The number of ketones is 1.